The molecule has 1 aromatic carbocycles. The normalized spacial score (nSPS) is 13.8. The molecule has 0 spiro atoms. The molecular formula is C17H17BN4O2S. The smallest absolute Gasteiger partial charge is 0.423 e. The van der Waals surface area contributed by atoms with Crippen LogP contribution in [0.5, 0.6) is 0 Å². The number of fused-ring (bicyclic) bond motifs is 2. The molecule has 0 atom stereocenters. The Balaban J connectivity index is 1.64. The summed E-state index contributed by atoms with van der Waals surface area (Å²) in [6.07, 6.45) is 3.39. The molecule has 0 saturated heterocycles. The van der Waals surface area contributed by atoms with Crippen molar-refractivity contribution in [1.29, 1.82) is 0 Å². The van der Waals surface area contributed by atoms with Crippen LogP contribution in [0.25, 0.3) is 10.2 Å². The summed E-state index contributed by atoms with van der Waals surface area (Å²) < 4.78 is 6.28. The number of aryl methyl sites for hydroxylation is 1. The van der Waals surface area contributed by atoms with E-state index >= 15 is 0 Å². The van der Waals surface area contributed by atoms with Crippen molar-refractivity contribution in [3.05, 3.63) is 46.6 Å². The number of rotatable bonds is 4. The van der Waals surface area contributed by atoms with Crippen molar-refractivity contribution in [1.82, 2.24) is 9.97 Å². The Morgan fingerprint density at radius 3 is 3.12 bits per heavy atom. The van der Waals surface area contributed by atoms with Gasteiger partial charge in [-0.05, 0) is 42.6 Å². The second-order valence-corrected chi connectivity index (χ2v) is 7.11. The van der Waals surface area contributed by atoms with E-state index in [-0.39, 0.29) is 0 Å². The number of aromatic nitrogens is 2. The van der Waals surface area contributed by atoms with Crippen LogP contribution in [0, 0.1) is 6.92 Å². The highest BCUT2D eigenvalue weighted by Gasteiger charge is 2.26. The first-order valence-corrected chi connectivity index (χ1v) is 8.92. The van der Waals surface area contributed by atoms with Gasteiger partial charge in [-0.25, -0.2) is 15.0 Å². The van der Waals surface area contributed by atoms with Gasteiger partial charge in [-0.3, -0.25) is 0 Å². The Morgan fingerprint density at radius 1 is 1.40 bits per heavy atom. The average Bonchev–Trinajstić information content (AvgIpc) is 3.17. The van der Waals surface area contributed by atoms with E-state index in [1.54, 1.807) is 17.7 Å². The van der Waals surface area contributed by atoms with Gasteiger partial charge in [0.15, 0.2) is 5.82 Å². The van der Waals surface area contributed by atoms with Gasteiger partial charge in [-0.2, -0.15) is 5.10 Å². The molecule has 0 amide bonds. The lowest BCUT2D eigenvalue weighted by Gasteiger charge is -2.16. The molecule has 3 aromatic rings. The van der Waals surface area contributed by atoms with Gasteiger partial charge in [0, 0.05) is 11.4 Å². The minimum atomic E-state index is -0.815. The van der Waals surface area contributed by atoms with Crippen LogP contribution >= 0.6 is 11.3 Å². The van der Waals surface area contributed by atoms with Crippen LogP contribution < -0.4 is 10.5 Å². The molecule has 1 aliphatic rings. The zero-order valence-corrected chi connectivity index (χ0v) is 14.8. The average molecular weight is 352 g/mol. The lowest BCUT2D eigenvalue weighted by atomic mass is 9.79. The molecule has 0 radical (unpaired) electrons. The van der Waals surface area contributed by atoms with Crippen LogP contribution in [0.4, 0.5) is 5.82 Å². The molecule has 3 heterocycles. The van der Waals surface area contributed by atoms with Gasteiger partial charge < -0.3 is 9.68 Å². The third-order valence-corrected chi connectivity index (χ3v) is 5.17. The van der Waals surface area contributed by atoms with E-state index in [0.717, 1.165) is 32.6 Å². The fraction of sp³-hybridized carbons (Fsp3) is 0.235. The third kappa shape index (κ3) is 3.04. The van der Waals surface area contributed by atoms with Gasteiger partial charge in [0.2, 0.25) is 0 Å². The Kier molecular flexibility index (Phi) is 4.24. The number of hydrogen-bond acceptors (Lipinski definition) is 7. The third-order valence-electron chi connectivity index (χ3n) is 4.14. The Bertz CT molecular complexity index is 959. The van der Waals surface area contributed by atoms with Crippen molar-refractivity contribution in [3.8, 4) is 0 Å². The molecule has 1 aliphatic heterocycles. The molecular weight excluding hydrogens is 335 g/mol. The van der Waals surface area contributed by atoms with Gasteiger partial charge in [0.1, 0.15) is 6.33 Å². The molecule has 4 rings (SSSR count). The molecule has 0 aliphatic carbocycles. The van der Waals surface area contributed by atoms with Crippen molar-refractivity contribution in [2.75, 3.05) is 11.6 Å². The van der Waals surface area contributed by atoms with E-state index in [4.69, 9.17) is 4.65 Å². The van der Waals surface area contributed by atoms with Crippen LogP contribution in [0.2, 0.25) is 0 Å². The number of nitrogens with zero attached hydrogens (tertiary/aromatic N) is 4. The van der Waals surface area contributed by atoms with Gasteiger partial charge in [-0.15, -0.1) is 11.3 Å². The molecule has 0 fully saturated rings. The van der Waals surface area contributed by atoms with Gasteiger partial charge >= 0.3 is 7.12 Å². The highest BCUT2D eigenvalue weighted by Crippen LogP contribution is 2.30. The number of anilines is 1. The lowest BCUT2D eigenvalue weighted by molar-refractivity contribution is 0.275. The summed E-state index contributed by atoms with van der Waals surface area (Å²) in [6, 6.07) is 7.87. The molecule has 8 heteroatoms. The molecule has 0 saturated carbocycles. The molecule has 25 heavy (non-hydrogen) atoms. The number of thiophene rings is 1. The standard InChI is InChI=1S/C17H17BN4O2S/c1-3-22(17-16-15(19-10-20-17)6-11(2)25-16)21-8-12-4-5-14-13(7-12)9-24-18(14)23/h4-8,10,23H,3,9H2,1-2H3/b21-8+. The van der Waals surface area contributed by atoms with Crippen LogP contribution in [0.1, 0.15) is 22.9 Å². The Morgan fingerprint density at radius 2 is 2.28 bits per heavy atom. The van der Waals surface area contributed by atoms with Crippen molar-refractivity contribution in [3.63, 3.8) is 0 Å². The van der Waals surface area contributed by atoms with E-state index in [2.05, 4.69) is 28.1 Å². The zero-order chi connectivity index (χ0) is 17.4. The monoisotopic (exact) mass is 352 g/mol. The zero-order valence-electron chi connectivity index (χ0n) is 14.0. The molecule has 2 aromatic heterocycles. The topological polar surface area (TPSA) is 70.8 Å². The van der Waals surface area contributed by atoms with Crippen molar-refractivity contribution >= 4 is 46.2 Å². The summed E-state index contributed by atoms with van der Waals surface area (Å²) in [4.78, 5) is 9.96. The minimum absolute atomic E-state index is 0.427. The summed E-state index contributed by atoms with van der Waals surface area (Å²) in [7, 11) is -0.815. The van der Waals surface area contributed by atoms with Crippen molar-refractivity contribution in [2.45, 2.75) is 20.5 Å². The van der Waals surface area contributed by atoms with Crippen LogP contribution in [-0.2, 0) is 11.3 Å². The number of hydrazone groups is 1. The summed E-state index contributed by atoms with van der Waals surface area (Å²) in [5.41, 5.74) is 3.74. The fourth-order valence-electron chi connectivity index (χ4n) is 2.90. The predicted molar refractivity (Wildman–Crippen MR) is 102 cm³/mol. The largest absolute Gasteiger partial charge is 0.491 e. The first-order chi connectivity index (χ1) is 12.2. The van der Waals surface area contributed by atoms with Gasteiger partial charge in [-0.1, -0.05) is 12.1 Å². The summed E-state index contributed by atoms with van der Waals surface area (Å²) in [5.74, 6) is 0.821. The fourth-order valence-corrected chi connectivity index (χ4v) is 3.86. The predicted octanol–water partition coefficient (Wildman–Crippen LogP) is 2.08. The maximum absolute atomic E-state index is 9.70. The van der Waals surface area contributed by atoms with Crippen LogP contribution in [0.3, 0.4) is 0 Å². The Hall–Kier alpha value is -2.29. The number of benzene rings is 1. The van der Waals surface area contributed by atoms with E-state index < -0.39 is 7.12 Å². The molecule has 126 valence electrons. The van der Waals surface area contributed by atoms with E-state index in [1.807, 2.05) is 36.3 Å². The van der Waals surface area contributed by atoms with Crippen molar-refractivity contribution in [2.24, 2.45) is 5.10 Å². The molecule has 1 N–H and O–H groups in total. The van der Waals surface area contributed by atoms with E-state index in [9.17, 15) is 5.02 Å². The molecule has 6 nitrogen and oxygen atoms in total. The molecule has 0 unspecified atom stereocenters. The SMILES string of the molecule is CCN(/N=C/c1ccc2c(c1)COB2O)c1ncnc2cc(C)sc12. The minimum Gasteiger partial charge on any atom is -0.423 e. The molecule has 0 bridgehead atoms. The first kappa shape index (κ1) is 16.2. The summed E-state index contributed by atoms with van der Waals surface area (Å²) in [5, 5.41) is 16.2. The summed E-state index contributed by atoms with van der Waals surface area (Å²) in [6.45, 7) is 5.23. The Labute approximate surface area is 149 Å². The maximum atomic E-state index is 9.70. The van der Waals surface area contributed by atoms with E-state index in [0.29, 0.717) is 13.2 Å². The van der Waals surface area contributed by atoms with Crippen LogP contribution in [-0.4, -0.2) is 34.9 Å². The van der Waals surface area contributed by atoms with Crippen LogP contribution in [0.15, 0.2) is 35.7 Å². The second kappa shape index (κ2) is 6.55. The van der Waals surface area contributed by atoms with E-state index in [1.165, 1.54) is 4.88 Å². The summed E-state index contributed by atoms with van der Waals surface area (Å²) >= 11 is 1.68. The van der Waals surface area contributed by atoms with Crippen molar-refractivity contribution < 1.29 is 9.68 Å². The van der Waals surface area contributed by atoms with Gasteiger partial charge in [0.05, 0.1) is 23.0 Å². The first-order valence-electron chi connectivity index (χ1n) is 8.11. The highest BCUT2D eigenvalue weighted by molar-refractivity contribution is 7.19. The van der Waals surface area contributed by atoms with Gasteiger partial charge in [0.25, 0.3) is 0 Å². The quantitative estimate of drug-likeness (QED) is 0.442. The number of hydrogen-bond donors (Lipinski definition) is 1. The highest BCUT2D eigenvalue weighted by atomic mass is 32.1. The lowest BCUT2D eigenvalue weighted by Crippen LogP contribution is -2.27. The second-order valence-electron chi connectivity index (χ2n) is 5.85. The maximum Gasteiger partial charge on any atom is 0.491 e.